The molecule has 2 aliphatic heterocycles. The molecule has 0 atom stereocenters. The number of carbonyl (C=O) groups excluding carboxylic acids is 1. The van der Waals surface area contributed by atoms with Crippen LogP contribution < -0.4 is 10.5 Å². The number of Topliss-reactive ketones (excluding diaryl/α,β-unsaturated/α-hetero) is 1. The van der Waals surface area contributed by atoms with Gasteiger partial charge in [0.1, 0.15) is 11.4 Å². The van der Waals surface area contributed by atoms with E-state index in [2.05, 4.69) is 11.9 Å². The Labute approximate surface area is 168 Å². The van der Waals surface area contributed by atoms with Gasteiger partial charge in [-0.3, -0.25) is 9.59 Å². The third kappa shape index (κ3) is 2.40. The number of aryl methyl sites for hydroxylation is 1. The number of pyridine rings is 1. The molecule has 0 saturated heterocycles. The average molecular weight is 383 g/mol. The van der Waals surface area contributed by atoms with Gasteiger partial charge in [-0.25, -0.2) is 0 Å². The van der Waals surface area contributed by atoms with Gasteiger partial charge in [0.15, 0.2) is 0 Å². The van der Waals surface area contributed by atoms with Crippen molar-refractivity contribution in [1.29, 1.82) is 0 Å². The second-order valence-corrected chi connectivity index (χ2v) is 7.51. The SMILES string of the molecule is CCN1C=CC2(C=C1)C(=O)c1c([nH]c(=O)c3ccccc13)N2c1ccc(C)cc1. The van der Waals surface area contributed by atoms with Crippen LogP contribution in [0.4, 0.5) is 11.5 Å². The summed E-state index contributed by atoms with van der Waals surface area (Å²) in [5.41, 5.74) is 1.34. The maximum Gasteiger partial charge on any atom is 0.257 e. The molecule has 5 nitrogen and oxygen atoms in total. The summed E-state index contributed by atoms with van der Waals surface area (Å²) in [5, 5.41) is 1.21. The van der Waals surface area contributed by atoms with Gasteiger partial charge in [-0.15, -0.1) is 0 Å². The van der Waals surface area contributed by atoms with Crippen LogP contribution in [0, 0.1) is 6.92 Å². The number of nitrogens with one attached hydrogen (secondary N) is 1. The van der Waals surface area contributed by atoms with E-state index in [0.29, 0.717) is 22.2 Å². The molecule has 0 unspecified atom stereocenters. The van der Waals surface area contributed by atoms with Crippen molar-refractivity contribution in [2.75, 3.05) is 11.4 Å². The van der Waals surface area contributed by atoms with Gasteiger partial charge in [-0.2, -0.15) is 0 Å². The molecule has 1 spiro atoms. The lowest BCUT2D eigenvalue weighted by Crippen LogP contribution is -2.46. The zero-order chi connectivity index (χ0) is 20.2. The topological polar surface area (TPSA) is 56.4 Å². The monoisotopic (exact) mass is 383 g/mol. The molecule has 0 amide bonds. The molecule has 0 bridgehead atoms. The lowest BCUT2D eigenvalue weighted by atomic mass is 9.89. The van der Waals surface area contributed by atoms with Gasteiger partial charge < -0.3 is 14.8 Å². The first-order valence-electron chi connectivity index (χ1n) is 9.76. The number of aromatic amines is 1. The lowest BCUT2D eigenvalue weighted by molar-refractivity contribution is 0.0958. The van der Waals surface area contributed by atoms with E-state index < -0.39 is 5.54 Å². The number of hydrogen-bond donors (Lipinski definition) is 1. The van der Waals surface area contributed by atoms with Crippen molar-refractivity contribution in [3.63, 3.8) is 0 Å². The molecule has 0 fully saturated rings. The molecule has 5 heteroatoms. The van der Waals surface area contributed by atoms with E-state index >= 15 is 0 Å². The number of ketones is 1. The van der Waals surface area contributed by atoms with Gasteiger partial charge in [-0.1, -0.05) is 35.9 Å². The normalized spacial score (nSPS) is 16.8. The number of hydrogen-bond acceptors (Lipinski definition) is 4. The Morgan fingerprint density at radius 1 is 0.931 bits per heavy atom. The molecular weight excluding hydrogens is 362 g/mol. The second kappa shape index (κ2) is 6.21. The molecule has 0 saturated carbocycles. The van der Waals surface area contributed by atoms with E-state index in [1.54, 1.807) is 6.07 Å². The number of benzene rings is 2. The summed E-state index contributed by atoms with van der Waals surface area (Å²) < 4.78 is 0. The van der Waals surface area contributed by atoms with Gasteiger partial charge in [0, 0.05) is 35.4 Å². The van der Waals surface area contributed by atoms with Crippen LogP contribution in [0.15, 0.2) is 77.9 Å². The Kier molecular flexibility index (Phi) is 3.74. The van der Waals surface area contributed by atoms with Crippen LogP contribution >= 0.6 is 0 Å². The van der Waals surface area contributed by atoms with E-state index in [0.717, 1.165) is 17.8 Å². The lowest BCUT2D eigenvalue weighted by Gasteiger charge is -2.36. The highest BCUT2D eigenvalue weighted by Gasteiger charge is 2.51. The Hall–Kier alpha value is -3.60. The van der Waals surface area contributed by atoms with E-state index in [9.17, 15) is 9.59 Å². The highest BCUT2D eigenvalue weighted by molar-refractivity contribution is 6.24. The minimum atomic E-state index is -1.00. The number of nitrogens with zero attached hydrogens (tertiary/aromatic N) is 2. The quantitative estimate of drug-likeness (QED) is 0.718. The summed E-state index contributed by atoms with van der Waals surface area (Å²) in [5.74, 6) is 0.505. The summed E-state index contributed by atoms with van der Waals surface area (Å²) in [4.78, 5) is 33.6. The zero-order valence-corrected chi connectivity index (χ0v) is 16.3. The van der Waals surface area contributed by atoms with Crippen molar-refractivity contribution in [1.82, 2.24) is 9.88 Å². The maximum absolute atomic E-state index is 13.9. The van der Waals surface area contributed by atoms with Crippen LogP contribution in [0.25, 0.3) is 10.8 Å². The van der Waals surface area contributed by atoms with Crippen molar-refractivity contribution < 1.29 is 4.79 Å². The average Bonchev–Trinajstić information content (AvgIpc) is 2.97. The van der Waals surface area contributed by atoms with Gasteiger partial charge in [0.25, 0.3) is 5.56 Å². The predicted molar refractivity (Wildman–Crippen MR) is 116 cm³/mol. The van der Waals surface area contributed by atoms with Crippen molar-refractivity contribution >= 4 is 28.1 Å². The molecule has 5 rings (SSSR count). The van der Waals surface area contributed by atoms with Gasteiger partial charge >= 0.3 is 0 Å². The van der Waals surface area contributed by atoms with Crippen LogP contribution in [0.5, 0.6) is 0 Å². The first-order chi connectivity index (χ1) is 14.0. The largest absolute Gasteiger partial charge is 0.355 e. The number of H-pyrrole nitrogens is 1. The van der Waals surface area contributed by atoms with Crippen molar-refractivity contribution in [3.05, 3.63) is 94.6 Å². The third-order valence-electron chi connectivity index (χ3n) is 5.79. The summed E-state index contributed by atoms with van der Waals surface area (Å²) in [6.07, 6.45) is 7.72. The summed E-state index contributed by atoms with van der Waals surface area (Å²) in [6, 6.07) is 15.3. The van der Waals surface area contributed by atoms with Crippen LogP contribution in [0.1, 0.15) is 22.8 Å². The van der Waals surface area contributed by atoms with E-state index in [1.807, 2.05) is 83.7 Å². The van der Waals surface area contributed by atoms with Crippen LogP contribution in [-0.2, 0) is 0 Å². The molecule has 2 aliphatic rings. The number of rotatable bonds is 2. The fraction of sp³-hybridized carbons (Fsp3) is 0.167. The summed E-state index contributed by atoms with van der Waals surface area (Å²) >= 11 is 0. The minimum Gasteiger partial charge on any atom is -0.355 e. The van der Waals surface area contributed by atoms with E-state index in [1.165, 1.54) is 0 Å². The minimum absolute atomic E-state index is 0.0382. The second-order valence-electron chi connectivity index (χ2n) is 7.51. The molecule has 29 heavy (non-hydrogen) atoms. The molecule has 0 aliphatic carbocycles. The zero-order valence-electron chi connectivity index (χ0n) is 16.3. The van der Waals surface area contributed by atoms with Crippen molar-refractivity contribution in [2.45, 2.75) is 19.4 Å². The fourth-order valence-corrected chi connectivity index (χ4v) is 4.22. The third-order valence-corrected chi connectivity index (χ3v) is 5.79. The smallest absolute Gasteiger partial charge is 0.257 e. The number of fused-ring (bicyclic) bond motifs is 3. The number of anilines is 2. The highest BCUT2D eigenvalue weighted by Crippen LogP contribution is 2.47. The Morgan fingerprint density at radius 2 is 1.59 bits per heavy atom. The molecule has 3 heterocycles. The molecule has 0 radical (unpaired) electrons. The molecule has 1 N–H and O–H groups in total. The molecule has 144 valence electrons. The van der Waals surface area contributed by atoms with Crippen molar-refractivity contribution in [3.8, 4) is 0 Å². The summed E-state index contributed by atoms with van der Waals surface area (Å²) in [6.45, 7) is 4.90. The van der Waals surface area contributed by atoms with Crippen LogP contribution in [0.2, 0.25) is 0 Å². The van der Waals surface area contributed by atoms with E-state index in [-0.39, 0.29) is 11.3 Å². The molecule has 1 aromatic heterocycles. The van der Waals surface area contributed by atoms with Gasteiger partial charge in [0.05, 0.1) is 5.56 Å². The van der Waals surface area contributed by atoms with E-state index in [4.69, 9.17) is 0 Å². The Morgan fingerprint density at radius 3 is 2.24 bits per heavy atom. The first-order valence-corrected chi connectivity index (χ1v) is 9.76. The standard InChI is InChI=1S/C24H21N3O2/c1-3-26-14-12-24(13-15-26)21(28)20-18-6-4-5-7-19(18)23(29)25-22(20)27(24)17-10-8-16(2)9-11-17/h4-15H,3H2,1-2H3,(H,25,29). The molecule has 2 aromatic carbocycles. The fourth-order valence-electron chi connectivity index (χ4n) is 4.22. The molecular formula is C24H21N3O2. The summed E-state index contributed by atoms with van der Waals surface area (Å²) in [7, 11) is 0. The van der Waals surface area contributed by atoms with Crippen LogP contribution in [-0.4, -0.2) is 27.8 Å². The van der Waals surface area contributed by atoms with Crippen molar-refractivity contribution in [2.24, 2.45) is 0 Å². The first kappa shape index (κ1) is 17.5. The van der Waals surface area contributed by atoms with Gasteiger partial charge in [-0.05, 0) is 44.2 Å². The number of aromatic nitrogens is 1. The van der Waals surface area contributed by atoms with Crippen LogP contribution in [0.3, 0.4) is 0 Å². The highest BCUT2D eigenvalue weighted by atomic mass is 16.1. The number of carbonyl (C=O) groups is 1. The maximum atomic E-state index is 13.9. The Bertz CT molecular complexity index is 1240. The Balaban J connectivity index is 1.83. The molecule has 3 aromatic rings. The predicted octanol–water partition coefficient (Wildman–Crippen LogP) is 4.27. The van der Waals surface area contributed by atoms with Gasteiger partial charge in [0.2, 0.25) is 5.78 Å².